The van der Waals surface area contributed by atoms with Crippen LogP contribution in [-0.2, 0) is 0 Å². The van der Waals surface area contributed by atoms with Crippen LogP contribution in [0, 0.1) is 0 Å². The molecule has 0 bridgehead atoms. The van der Waals surface area contributed by atoms with Crippen molar-refractivity contribution >= 4 is 0 Å². The normalized spacial score (nSPS) is 21.2. The SMILES string of the molecule is CCCCN(C1CC1)C(C)C(C)NC. The summed E-state index contributed by atoms with van der Waals surface area (Å²) >= 11 is 0. The molecule has 14 heavy (non-hydrogen) atoms. The number of nitrogens with one attached hydrogen (secondary N) is 1. The Kier molecular flexibility index (Phi) is 4.90. The van der Waals surface area contributed by atoms with Gasteiger partial charge in [0, 0.05) is 18.1 Å². The molecule has 0 aromatic carbocycles. The van der Waals surface area contributed by atoms with Crippen LogP contribution in [0.25, 0.3) is 0 Å². The molecule has 2 unspecified atom stereocenters. The fourth-order valence-corrected chi connectivity index (χ4v) is 1.99. The van der Waals surface area contributed by atoms with Gasteiger partial charge in [0.2, 0.25) is 0 Å². The van der Waals surface area contributed by atoms with Crippen molar-refractivity contribution in [2.45, 2.75) is 64.6 Å². The third kappa shape index (κ3) is 3.25. The maximum Gasteiger partial charge on any atom is 0.0221 e. The first-order valence-electron chi connectivity index (χ1n) is 6.13. The van der Waals surface area contributed by atoms with Crippen LogP contribution in [0.2, 0.25) is 0 Å². The highest BCUT2D eigenvalue weighted by Crippen LogP contribution is 2.29. The number of unbranched alkanes of at least 4 members (excludes halogenated alkanes) is 1. The van der Waals surface area contributed by atoms with Crippen LogP contribution in [0.15, 0.2) is 0 Å². The predicted molar refractivity (Wildman–Crippen MR) is 62.6 cm³/mol. The zero-order valence-corrected chi connectivity index (χ0v) is 10.2. The van der Waals surface area contributed by atoms with Gasteiger partial charge >= 0.3 is 0 Å². The lowest BCUT2D eigenvalue weighted by Crippen LogP contribution is -2.47. The van der Waals surface area contributed by atoms with Gasteiger partial charge in [-0.2, -0.15) is 0 Å². The molecule has 1 saturated carbocycles. The van der Waals surface area contributed by atoms with Crippen LogP contribution < -0.4 is 5.32 Å². The second-order valence-corrected chi connectivity index (χ2v) is 4.64. The summed E-state index contributed by atoms with van der Waals surface area (Å²) in [6.45, 7) is 8.20. The van der Waals surface area contributed by atoms with E-state index in [4.69, 9.17) is 0 Å². The first-order chi connectivity index (χ1) is 6.70. The van der Waals surface area contributed by atoms with Crippen LogP contribution in [-0.4, -0.2) is 36.6 Å². The summed E-state index contributed by atoms with van der Waals surface area (Å²) in [6.07, 6.45) is 5.50. The summed E-state index contributed by atoms with van der Waals surface area (Å²) in [4.78, 5) is 2.70. The number of likely N-dealkylation sites (N-methyl/N-ethyl adjacent to an activating group) is 1. The maximum absolute atomic E-state index is 3.36. The molecule has 0 saturated heterocycles. The zero-order valence-electron chi connectivity index (χ0n) is 10.2. The number of hydrogen-bond donors (Lipinski definition) is 1. The number of hydrogen-bond acceptors (Lipinski definition) is 2. The van der Waals surface area contributed by atoms with Crippen molar-refractivity contribution in [3.8, 4) is 0 Å². The zero-order chi connectivity index (χ0) is 10.6. The summed E-state index contributed by atoms with van der Waals surface area (Å²) in [7, 11) is 2.06. The van der Waals surface area contributed by atoms with Gasteiger partial charge in [-0.25, -0.2) is 0 Å². The summed E-state index contributed by atoms with van der Waals surface area (Å²) in [5.41, 5.74) is 0. The molecule has 1 rings (SSSR count). The summed E-state index contributed by atoms with van der Waals surface area (Å²) in [5.74, 6) is 0. The second kappa shape index (κ2) is 5.72. The summed E-state index contributed by atoms with van der Waals surface area (Å²) < 4.78 is 0. The van der Waals surface area contributed by atoms with Gasteiger partial charge in [-0.05, 0) is 46.7 Å². The molecule has 0 aliphatic heterocycles. The molecule has 1 N–H and O–H groups in total. The largest absolute Gasteiger partial charge is 0.316 e. The van der Waals surface area contributed by atoms with E-state index >= 15 is 0 Å². The maximum atomic E-state index is 3.36. The lowest BCUT2D eigenvalue weighted by atomic mass is 10.1. The van der Waals surface area contributed by atoms with Crippen molar-refractivity contribution in [2.75, 3.05) is 13.6 Å². The van der Waals surface area contributed by atoms with Gasteiger partial charge in [-0.3, -0.25) is 4.90 Å². The van der Waals surface area contributed by atoms with Crippen LogP contribution in [0.5, 0.6) is 0 Å². The van der Waals surface area contributed by atoms with E-state index in [9.17, 15) is 0 Å². The fourth-order valence-electron chi connectivity index (χ4n) is 1.99. The number of rotatable bonds is 7. The quantitative estimate of drug-likeness (QED) is 0.675. The second-order valence-electron chi connectivity index (χ2n) is 4.64. The van der Waals surface area contributed by atoms with Gasteiger partial charge in [0.1, 0.15) is 0 Å². The van der Waals surface area contributed by atoms with Crippen LogP contribution >= 0.6 is 0 Å². The lowest BCUT2D eigenvalue weighted by Gasteiger charge is -2.33. The van der Waals surface area contributed by atoms with E-state index in [-0.39, 0.29) is 0 Å². The van der Waals surface area contributed by atoms with E-state index in [1.807, 2.05) is 0 Å². The summed E-state index contributed by atoms with van der Waals surface area (Å²) in [6, 6.07) is 2.18. The molecular formula is C12H26N2. The molecule has 84 valence electrons. The Bertz CT molecular complexity index is 154. The smallest absolute Gasteiger partial charge is 0.0221 e. The molecule has 2 atom stereocenters. The van der Waals surface area contributed by atoms with Gasteiger partial charge in [0.05, 0.1) is 0 Å². The third-order valence-corrected chi connectivity index (χ3v) is 3.49. The Morgan fingerprint density at radius 2 is 2.00 bits per heavy atom. The van der Waals surface area contributed by atoms with Gasteiger partial charge in [-0.1, -0.05) is 13.3 Å². The molecule has 0 aromatic heterocycles. The molecule has 2 nitrogen and oxygen atoms in total. The van der Waals surface area contributed by atoms with Crippen molar-refractivity contribution in [2.24, 2.45) is 0 Å². The van der Waals surface area contributed by atoms with Crippen LogP contribution in [0.3, 0.4) is 0 Å². The van der Waals surface area contributed by atoms with Crippen LogP contribution in [0.4, 0.5) is 0 Å². The number of nitrogens with zero attached hydrogens (tertiary/aromatic N) is 1. The van der Waals surface area contributed by atoms with Gasteiger partial charge in [0.15, 0.2) is 0 Å². The molecule has 2 heteroatoms. The Balaban J connectivity index is 2.39. The highest BCUT2D eigenvalue weighted by Gasteiger charge is 2.33. The molecule has 0 amide bonds. The van der Waals surface area contributed by atoms with Crippen molar-refractivity contribution in [1.82, 2.24) is 10.2 Å². The van der Waals surface area contributed by atoms with E-state index in [1.54, 1.807) is 0 Å². The Labute approximate surface area is 89.1 Å². The molecule has 1 fully saturated rings. The fraction of sp³-hybridized carbons (Fsp3) is 1.00. The molecule has 1 aliphatic rings. The van der Waals surface area contributed by atoms with Crippen molar-refractivity contribution in [1.29, 1.82) is 0 Å². The monoisotopic (exact) mass is 198 g/mol. The van der Waals surface area contributed by atoms with Crippen molar-refractivity contribution in [3.05, 3.63) is 0 Å². The van der Waals surface area contributed by atoms with Crippen molar-refractivity contribution in [3.63, 3.8) is 0 Å². The average Bonchev–Trinajstić information content (AvgIpc) is 3.01. The van der Waals surface area contributed by atoms with Gasteiger partial charge < -0.3 is 5.32 Å². The highest BCUT2D eigenvalue weighted by molar-refractivity contribution is 4.90. The summed E-state index contributed by atoms with van der Waals surface area (Å²) in [5, 5.41) is 3.36. The van der Waals surface area contributed by atoms with E-state index in [1.165, 1.54) is 32.2 Å². The third-order valence-electron chi connectivity index (χ3n) is 3.49. The van der Waals surface area contributed by atoms with Gasteiger partial charge in [-0.15, -0.1) is 0 Å². The standard InChI is InChI=1S/C12H26N2/c1-5-6-9-14(12-7-8-12)11(3)10(2)13-4/h10-13H,5-9H2,1-4H3. The van der Waals surface area contributed by atoms with Crippen molar-refractivity contribution < 1.29 is 0 Å². The van der Waals surface area contributed by atoms with E-state index in [0.717, 1.165) is 6.04 Å². The lowest BCUT2D eigenvalue weighted by molar-refractivity contribution is 0.166. The minimum atomic E-state index is 0.604. The van der Waals surface area contributed by atoms with E-state index < -0.39 is 0 Å². The minimum Gasteiger partial charge on any atom is -0.316 e. The molecule has 0 aromatic rings. The topological polar surface area (TPSA) is 15.3 Å². The first-order valence-corrected chi connectivity index (χ1v) is 6.13. The van der Waals surface area contributed by atoms with Gasteiger partial charge in [0.25, 0.3) is 0 Å². The molecule has 0 spiro atoms. The Hall–Kier alpha value is -0.0800. The predicted octanol–water partition coefficient (Wildman–Crippen LogP) is 2.25. The average molecular weight is 198 g/mol. The highest BCUT2D eigenvalue weighted by atomic mass is 15.2. The molecule has 1 aliphatic carbocycles. The minimum absolute atomic E-state index is 0.604. The van der Waals surface area contributed by atoms with Crippen LogP contribution in [0.1, 0.15) is 46.5 Å². The Morgan fingerprint density at radius 3 is 2.43 bits per heavy atom. The molecule has 0 heterocycles. The molecular weight excluding hydrogens is 172 g/mol. The molecule has 0 radical (unpaired) electrons. The van der Waals surface area contributed by atoms with E-state index in [0.29, 0.717) is 12.1 Å². The van der Waals surface area contributed by atoms with E-state index in [2.05, 4.69) is 38.0 Å². The first kappa shape index (κ1) is 12.0. The Morgan fingerprint density at radius 1 is 1.36 bits per heavy atom.